The Balaban J connectivity index is 2.47. The van der Waals surface area contributed by atoms with Crippen LogP contribution in [-0.4, -0.2) is 16.3 Å². The molecule has 0 aromatic heterocycles. The van der Waals surface area contributed by atoms with Crippen molar-refractivity contribution in [1.29, 1.82) is 0 Å². The van der Waals surface area contributed by atoms with Gasteiger partial charge in [0.1, 0.15) is 6.29 Å². The molecule has 0 unspecified atom stereocenters. The van der Waals surface area contributed by atoms with E-state index in [1.54, 1.807) is 6.07 Å². The van der Waals surface area contributed by atoms with Crippen LogP contribution in [0.1, 0.15) is 18.4 Å². The number of nitro benzene ring substituents is 1. The van der Waals surface area contributed by atoms with E-state index in [1.807, 2.05) is 0 Å². The minimum Gasteiger partial charge on any atom is -0.502 e. The molecule has 1 N–H and O–H groups in total. The molecule has 1 aliphatic rings. The standard InChI is InChI=1S/C10H9NO4/c12-6-10(3-4-10)7-1-2-9(13)8(5-7)11(14)15/h1-2,5-6,13H,3-4H2. The predicted octanol–water partition coefficient (Wildman–Crippen LogP) is 1.53. The van der Waals surface area contributed by atoms with Crippen molar-refractivity contribution in [1.82, 2.24) is 0 Å². The van der Waals surface area contributed by atoms with Crippen LogP contribution in [0.4, 0.5) is 5.69 Å². The van der Waals surface area contributed by atoms with Crippen molar-refractivity contribution < 1.29 is 14.8 Å². The molecule has 2 rings (SSSR count). The minimum absolute atomic E-state index is 0.347. The van der Waals surface area contributed by atoms with Crippen LogP contribution in [0.3, 0.4) is 0 Å². The fourth-order valence-electron chi connectivity index (χ4n) is 1.59. The van der Waals surface area contributed by atoms with Gasteiger partial charge < -0.3 is 9.90 Å². The summed E-state index contributed by atoms with van der Waals surface area (Å²) < 4.78 is 0. The van der Waals surface area contributed by atoms with Gasteiger partial charge in [-0.15, -0.1) is 0 Å². The second-order valence-electron chi connectivity index (χ2n) is 3.73. The lowest BCUT2D eigenvalue weighted by Gasteiger charge is -2.07. The summed E-state index contributed by atoms with van der Waals surface area (Å²) in [5.41, 5.74) is -0.277. The van der Waals surface area contributed by atoms with Gasteiger partial charge in [-0.05, 0) is 24.5 Å². The van der Waals surface area contributed by atoms with E-state index in [0.717, 1.165) is 19.1 Å². The maximum Gasteiger partial charge on any atom is 0.311 e. The number of benzene rings is 1. The van der Waals surface area contributed by atoms with Gasteiger partial charge in [0.15, 0.2) is 5.75 Å². The molecule has 1 saturated carbocycles. The average Bonchev–Trinajstić information content (AvgIpc) is 2.99. The molecular formula is C10H9NO4. The molecule has 5 heteroatoms. The molecule has 0 heterocycles. The first kappa shape index (κ1) is 9.64. The van der Waals surface area contributed by atoms with Crippen LogP contribution >= 0.6 is 0 Å². The second kappa shape index (κ2) is 3.05. The molecule has 1 aliphatic carbocycles. The van der Waals surface area contributed by atoms with Crippen molar-refractivity contribution in [2.45, 2.75) is 18.3 Å². The zero-order valence-electron chi connectivity index (χ0n) is 7.84. The Morgan fingerprint density at radius 2 is 2.13 bits per heavy atom. The number of aldehydes is 1. The van der Waals surface area contributed by atoms with Gasteiger partial charge in [0.25, 0.3) is 0 Å². The van der Waals surface area contributed by atoms with E-state index in [9.17, 15) is 20.0 Å². The lowest BCUT2D eigenvalue weighted by molar-refractivity contribution is -0.385. The molecule has 0 spiro atoms. The van der Waals surface area contributed by atoms with Crippen molar-refractivity contribution in [2.24, 2.45) is 0 Å². The highest BCUT2D eigenvalue weighted by Crippen LogP contribution is 2.47. The Hall–Kier alpha value is -1.91. The van der Waals surface area contributed by atoms with Crippen LogP contribution in [0.25, 0.3) is 0 Å². The molecule has 1 fully saturated rings. The summed E-state index contributed by atoms with van der Waals surface area (Å²) in [5.74, 6) is -0.370. The molecule has 5 nitrogen and oxygen atoms in total. The minimum atomic E-state index is -0.653. The Morgan fingerprint density at radius 3 is 2.60 bits per heavy atom. The predicted molar refractivity (Wildman–Crippen MR) is 51.7 cm³/mol. The fourth-order valence-corrected chi connectivity index (χ4v) is 1.59. The van der Waals surface area contributed by atoms with Crippen molar-refractivity contribution in [3.05, 3.63) is 33.9 Å². The van der Waals surface area contributed by atoms with Crippen molar-refractivity contribution in [3.63, 3.8) is 0 Å². The van der Waals surface area contributed by atoms with Crippen molar-refractivity contribution in [3.8, 4) is 5.75 Å². The Morgan fingerprint density at radius 1 is 1.47 bits per heavy atom. The summed E-state index contributed by atoms with van der Waals surface area (Å²) >= 11 is 0. The average molecular weight is 207 g/mol. The lowest BCUT2D eigenvalue weighted by atomic mass is 9.97. The Labute approximate surface area is 85.5 Å². The summed E-state index contributed by atoms with van der Waals surface area (Å²) in [6.45, 7) is 0. The number of carbonyl (C=O) groups excluding carboxylic acids is 1. The third-order valence-corrected chi connectivity index (χ3v) is 2.76. The van der Waals surface area contributed by atoms with E-state index in [-0.39, 0.29) is 11.4 Å². The highest BCUT2D eigenvalue weighted by atomic mass is 16.6. The van der Waals surface area contributed by atoms with E-state index in [0.29, 0.717) is 5.56 Å². The molecule has 0 amide bonds. The number of rotatable bonds is 3. The number of nitrogens with zero attached hydrogens (tertiary/aromatic N) is 1. The van der Waals surface area contributed by atoms with Crippen molar-refractivity contribution in [2.75, 3.05) is 0 Å². The topological polar surface area (TPSA) is 80.4 Å². The van der Waals surface area contributed by atoms with Crippen LogP contribution in [0.5, 0.6) is 5.75 Å². The Bertz CT molecular complexity index is 437. The molecule has 1 aromatic carbocycles. The normalized spacial score (nSPS) is 17.1. The monoisotopic (exact) mass is 207 g/mol. The third kappa shape index (κ3) is 1.45. The van der Waals surface area contributed by atoms with Gasteiger partial charge in [0, 0.05) is 6.07 Å². The number of phenols is 1. The lowest BCUT2D eigenvalue weighted by Crippen LogP contribution is -2.07. The van der Waals surface area contributed by atoms with Crippen LogP contribution in [0, 0.1) is 10.1 Å². The van der Waals surface area contributed by atoms with E-state index in [2.05, 4.69) is 0 Å². The molecule has 78 valence electrons. The maximum atomic E-state index is 10.8. The van der Waals surface area contributed by atoms with Gasteiger partial charge >= 0.3 is 5.69 Å². The first-order chi connectivity index (χ1) is 7.09. The fraction of sp³-hybridized carbons (Fsp3) is 0.300. The van der Waals surface area contributed by atoms with E-state index < -0.39 is 10.3 Å². The molecule has 0 radical (unpaired) electrons. The summed E-state index contributed by atoms with van der Waals surface area (Å²) in [7, 11) is 0. The van der Waals surface area contributed by atoms with Gasteiger partial charge in [-0.2, -0.15) is 0 Å². The molecule has 1 aromatic rings. The van der Waals surface area contributed by atoms with Gasteiger partial charge in [-0.25, -0.2) is 0 Å². The first-order valence-electron chi connectivity index (χ1n) is 4.53. The third-order valence-electron chi connectivity index (χ3n) is 2.76. The van der Waals surface area contributed by atoms with E-state index in [4.69, 9.17) is 0 Å². The largest absolute Gasteiger partial charge is 0.502 e. The quantitative estimate of drug-likeness (QED) is 0.463. The van der Waals surface area contributed by atoms with Crippen molar-refractivity contribution >= 4 is 12.0 Å². The molecule has 0 aliphatic heterocycles. The summed E-state index contributed by atoms with van der Waals surface area (Å²) in [5, 5.41) is 19.8. The number of hydrogen-bond donors (Lipinski definition) is 1. The van der Waals surface area contributed by atoms with Crippen LogP contribution in [0.15, 0.2) is 18.2 Å². The summed E-state index contributed by atoms with van der Waals surface area (Å²) in [6, 6.07) is 4.09. The number of phenolic OH excluding ortho intramolecular Hbond substituents is 1. The van der Waals surface area contributed by atoms with Gasteiger partial charge in [-0.3, -0.25) is 10.1 Å². The molecule has 0 atom stereocenters. The summed E-state index contributed by atoms with van der Waals surface area (Å²) in [4.78, 5) is 20.7. The highest BCUT2D eigenvalue weighted by Gasteiger charge is 2.45. The van der Waals surface area contributed by atoms with Gasteiger partial charge in [-0.1, -0.05) is 6.07 Å². The molecule has 0 saturated heterocycles. The zero-order chi connectivity index (χ0) is 11.1. The van der Waals surface area contributed by atoms with E-state index >= 15 is 0 Å². The second-order valence-corrected chi connectivity index (χ2v) is 3.73. The zero-order valence-corrected chi connectivity index (χ0v) is 7.84. The first-order valence-corrected chi connectivity index (χ1v) is 4.53. The SMILES string of the molecule is O=CC1(c2ccc(O)c([N+](=O)[O-])c2)CC1. The number of carbonyl (C=O) groups is 1. The molecule has 15 heavy (non-hydrogen) atoms. The van der Waals surface area contributed by atoms with Crippen LogP contribution < -0.4 is 0 Å². The van der Waals surface area contributed by atoms with Gasteiger partial charge in [0.2, 0.25) is 0 Å². The number of hydrogen-bond acceptors (Lipinski definition) is 4. The van der Waals surface area contributed by atoms with Crippen LogP contribution in [0.2, 0.25) is 0 Å². The highest BCUT2D eigenvalue weighted by molar-refractivity contribution is 5.74. The smallest absolute Gasteiger partial charge is 0.311 e. The number of nitro groups is 1. The molecule has 0 bridgehead atoms. The maximum absolute atomic E-state index is 10.8. The molecular weight excluding hydrogens is 198 g/mol. The van der Waals surface area contributed by atoms with Gasteiger partial charge in [0.05, 0.1) is 10.3 Å². The summed E-state index contributed by atoms with van der Waals surface area (Å²) in [6.07, 6.45) is 2.26. The number of aromatic hydroxyl groups is 1. The van der Waals surface area contributed by atoms with Crippen LogP contribution in [-0.2, 0) is 10.2 Å². The Kier molecular flexibility index (Phi) is 1.96. The van der Waals surface area contributed by atoms with E-state index in [1.165, 1.54) is 12.1 Å².